The first-order chi connectivity index (χ1) is 9.08. The van der Waals surface area contributed by atoms with Crippen molar-refractivity contribution >= 4 is 17.6 Å². The molecule has 0 amide bonds. The van der Waals surface area contributed by atoms with E-state index in [-0.39, 0.29) is 17.9 Å². The van der Waals surface area contributed by atoms with Crippen LogP contribution in [0, 0.1) is 0 Å². The van der Waals surface area contributed by atoms with Crippen molar-refractivity contribution < 1.29 is 23.0 Å². The molecule has 0 fully saturated rings. The third kappa shape index (κ3) is 5.03. The van der Waals surface area contributed by atoms with Gasteiger partial charge in [0.2, 0.25) is 0 Å². The highest BCUT2D eigenvalue weighted by Gasteiger charge is 2.15. The lowest BCUT2D eigenvalue weighted by atomic mass is 10.0. The summed E-state index contributed by atoms with van der Waals surface area (Å²) >= 11 is 5.60. The second-order valence-corrected chi connectivity index (χ2v) is 4.09. The predicted molar refractivity (Wildman–Crippen MR) is 68.1 cm³/mol. The highest BCUT2D eigenvalue weighted by atomic mass is 35.5. The molecule has 0 aliphatic carbocycles. The van der Waals surface area contributed by atoms with Crippen LogP contribution in [0.2, 0.25) is 0 Å². The Labute approximate surface area is 115 Å². The molecule has 1 rings (SSSR count). The molecule has 0 aliphatic heterocycles. The first kappa shape index (κ1) is 15.7. The highest BCUT2D eigenvalue weighted by Crippen LogP contribution is 2.22. The van der Waals surface area contributed by atoms with E-state index < -0.39 is 12.6 Å². The molecule has 0 unspecified atom stereocenters. The van der Waals surface area contributed by atoms with E-state index in [9.17, 15) is 13.6 Å². The van der Waals surface area contributed by atoms with Gasteiger partial charge >= 0.3 is 12.6 Å². The number of hydrogen-bond acceptors (Lipinski definition) is 3. The van der Waals surface area contributed by atoms with Crippen molar-refractivity contribution in [3.05, 3.63) is 29.3 Å². The topological polar surface area (TPSA) is 35.5 Å². The summed E-state index contributed by atoms with van der Waals surface area (Å²) in [5.74, 6) is -0.156. The van der Waals surface area contributed by atoms with Gasteiger partial charge in [-0.25, -0.2) is 4.79 Å². The molecule has 0 radical (unpaired) electrons. The van der Waals surface area contributed by atoms with Crippen LogP contribution in [0.25, 0.3) is 0 Å². The molecule has 1 aromatic carbocycles. The number of carbonyl (C=O) groups excluding carboxylic acids is 1. The normalized spacial score (nSPS) is 10.6. The van der Waals surface area contributed by atoms with Gasteiger partial charge < -0.3 is 9.47 Å². The summed E-state index contributed by atoms with van der Waals surface area (Å²) in [5.41, 5.74) is 0.950. The van der Waals surface area contributed by atoms with E-state index in [4.69, 9.17) is 16.3 Å². The second kappa shape index (κ2) is 7.94. The van der Waals surface area contributed by atoms with E-state index in [1.165, 1.54) is 12.1 Å². The van der Waals surface area contributed by atoms with Gasteiger partial charge in [0.1, 0.15) is 5.75 Å². The molecule has 6 heteroatoms. The van der Waals surface area contributed by atoms with Crippen molar-refractivity contribution in [3.8, 4) is 5.75 Å². The lowest BCUT2D eigenvalue weighted by molar-refractivity contribution is -0.0499. The minimum atomic E-state index is -2.93. The molecule has 0 spiro atoms. The van der Waals surface area contributed by atoms with Crippen LogP contribution >= 0.6 is 11.6 Å². The Bertz CT molecular complexity index is 424. The molecule has 0 saturated carbocycles. The van der Waals surface area contributed by atoms with Crippen LogP contribution in [0.15, 0.2) is 18.2 Å². The first-order valence-corrected chi connectivity index (χ1v) is 6.42. The SMILES string of the molecule is CCOC(=O)c1cc(OC(F)F)ccc1CCCCl. The number of aryl methyl sites for hydroxylation is 1. The summed E-state index contributed by atoms with van der Waals surface area (Å²) in [6.45, 7) is -1.03. The van der Waals surface area contributed by atoms with E-state index >= 15 is 0 Å². The number of ether oxygens (including phenoxy) is 2. The van der Waals surface area contributed by atoms with Gasteiger partial charge in [-0.1, -0.05) is 6.07 Å². The molecule has 106 valence electrons. The fraction of sp³-hybridized carbons (Fsp3) is 0.462. The van der Waals surface area contributed by atoms with Crippen LogP contribution in [0.5, 0.6) is 5.75 Å². The number of halogens is 3. The highest BCUT2D eigenvalue weighted by molar-refractivity contribution is 6.17. The van der Waals surface area contributed by atoms with Crippen LogP contribution in [0.4, 0.5) is 8.78 Å². The molecule has 0 saturated heterocycles. The fourth-order valence-electron chi connectivity index (χ4n) is 1.61. The predicted octanol–water partition coefficient (Wildman–Crippen LogP) is 3.64. The molecule has 0 aliphatic rings. The molecule has 1 aromatic rings. The minimum Gasteiger partial charge on any atom is -0.462 e. The number of carbonyl (C=O) groups is 1. The second-order valence-electron chi connectivity index (χ2n) is 3.71. The molecule has 0 bridgehead atoms. The van der Waals surface area contributed by atoms with Crippen molar-refractivity contribution in [3.63, 3.8) is 0 Å². The third-order valence-electron chi connectivity index (χ3n) is 2.38. The number of benzene rings is 1. The number of hydrogen-bond donors (Lipinski definition) is 0. The Hall–Kier alpha value is -1.36. The van der Waals surface area contributed by atoms with Crippen molar-refractivity contribution in [2.45, 2.75) is 26.4 Å². The fourth-order valence-corrected chi connectivity index (χ4v) is 1.74. The van der Waals surface area contributed by atoms with Gasteiger partial charge in [0.05, 0.1) is 12.2 Å². The zero-order valence-corrected chi connectivity index (χ0v) is 11.3. The van der Waals surface area contributed by atoms with E-state index in [1.807, 2.05) is 0 Å². The smallest absolute Gasteiger partial charge is 0.387 e. The number of alkyl halides is 3. The van der Waals surface area contributed by atoms with Gasteiger partial charge in [-0.05, 0) is 37.5 Å². The zero-order valence-electron chi connectivity index (χ0n) is 10.5. The van der Waals surface area contributed by atoms with Gasteiger partial charge in [-0.2, -0.15) is 8.78 Å². The lowest BCUT2D eigenvalue weighted by Gasteiger charge is -2.11. The summed E-state index contributed by atoms with van der Waals surface area (Å²) in [4.78, 5) is 11.8. The minimum absolute atomic E-state index is 0.0623. The van der Waals surface area contributed by atoms with Gasteiger partial charge in [-0.3, -0.25) is 0 Å². The Morgan fingerprint density at radius 2 is 2.16 bits per heavy atom. The van der Waals surface area contributed by atoms with Crippen LogP contribution in [0.1, 0.15) is 29.3 Å². The van der Waals surface area contributed by atoms with Crippen LogP contribution < -0.4 is 4.74 Å². The summed E-state index contributed by atoms with van der Waals surface area (Å²) < 4.78 is 33.5. The quantitative estimate of drug-likeness (QED) is 0.568. The Morgan fingerprint density at radius 1 is 1.42 bits per heavy atom. The van der Waals surface area contributed by atoms with E-state index in [0.717, 1.165) is 0 Å². The van der Waals surface area contributed by atoms with Crippen molar-refractivity contribution in [1.82, 2.24) is 0 Å². The van der Waals surface area contributed by atoms with E-state index in [2.05, 4.69) is 4.74 Å². The summed E-state index contributed by atoms with van der Waals surface area (Å²) in [6.07, 6.45) is 1.26. The molecule has 0 atom stereocenters. The largest absolute Gasteiger partial charge is 0.462 e. The zero-order chi connectivity index (χ0) is 14.3. The van der Waals surface area contributed by atoms with Gasteiger partial charge in [0.15, 0.2) is 0 Å². The first-order valence-electron chi connectivity index (χ1n) is 5.89. The molecule has 0 N–H and O–H groups in total. The van der Waals surface area contributed by atoms with Gasteiger partial charge in [-0.15, -0.1) is 11.6 Å². The van der Waals surface area contributed by atoms with Crippen molar-refractivity contribution in [2.24, 2.45) is 0 Å². The maximum atomic E-state index is 12.1. The molecule has 0 heterocycles. The average molecular weight is 293 g/mol. The van der Waals surface area contributed by atoms with Crippen LogP contribution in [-0.4, -0.2) is 25.1 Å². The summed E-state index contributed by atoms with van der Waals surface area (Å²) in [5, 5.41) is 0. The third-order valence-corrected chi connectivity index (χ3v) is 2.65. The number of esters is 1. The van der Waals surface area contributed by atoms with Crippen molar-refractivity contribution in [1.29, 1.82) is 0 Å². The lowest BCUT2D eigenvalue weighted by Crippen LogP contribution is -2.10. The van der Waals surface area contributed by atoms with E-state index in [1.54, 1.807) is 13.0 Å². The Kier molecular flexibility index (Phi) is 6.56. The summed E-state index contributed by atoms with van der Waals surface area (Å²) in [6, 6.07) is 4.25. The monoisotopic (exact) mass is 292 g/mol. The maximum absolute atomic E-state index is 12.1. The Morgan fingerprint density at radius 3 is 2.74 bits per heavy atom. The number of rotatable bonds is 7. The van der Waals surface area contributed by atoms with Crippen LogP contribution in [-0.2, 0) is 11.2 Å². The standard InChI is InChI=1S/C13H15ClF2O3/c1-2-18-12(17)11-8-10(19-13(15)16)6-5-9(11)4-3-7-14/h5-6,8,13H,2-4,7H2,1H3. The van der Waals surface area contributed by atoms with Crippen LogP contribution in [0.3, 0.4) is 0 Å². The Balaban J connectivity index is 2.99. The molecule has 19 heavy (non-hydrogen) atoms. The molecular weight excluding hydrogens is 278 g/mol. The molecule has 0 aromatic heterocycles. The van der Waals surface area contributed by atoms with Gasteiger partial charge in [0, 0.05) is 5.88 Å². The van der Waals surface area contributed by atoms with Gasteiger partial charge in [0.25, 0.3) is 0 Å². The molecular formula is C13H15ClF2O3. The average Bonchev–Trinajstić information content (AvgIpc) is 2.36. The molecule has 3 nitrogen and oxygen atoms in total. The van der Waals surface area contributed by atoms with Crippen molar-refractivity contribution in [2.75, 3.05) is 12.5 Å². The van der Waals surface area contributed by atoms with E-state index in [0.29, 0.717) is 24.3 Å². The summed E-state index contributed by atoms with van der Waals surface area (Å²) in [7, 11) is 0. The maximum Gasteiger partial charge on any atom is 0.387 e.